The van der Waals surface area contributed by atoms with E-state index < -0.39 is 10.0 Å². The van der Waals surface area contributed by atoms with Crippen LogP contribution in [0.3, 0.4) is 0 Å². The molecule has 6 nitrogen and oxygen atoms in total. The SMILES string of the molecule is CN(C)C1(CNc2cc(N)cc(S(N)(=O)=O)c2)CCC1. The van der Waals surface area contributed by atoms with E-state index in [1.165, 1.54) is 18.6 Å². The van der Waals surface area contributed by atoms with Crippen LogP contribution in [0.25, 0.3) is 0 Å². The maximum absolute atomic E-state index is 11.4. The number of hydrogen-bond acceptors (Lipinski definition) is 5. The van der Waals surface area contributed by atoms with Crippen molar-refractivity contribution in [1.29, 1.82) is 0 Å². The highest BCUT2D eigenvalue weighted by Crippen LogP contribution is 2.36. The molecule has 0 unspecified atom stereocenters. The Bertz CT molecular complexity index is 594. The van der Waals surface area contributed by atoms with Gasteiger partial charge in [-0.1, -0.05) is 0 Å². The fourth-order valence-corrected chi connectivity index (χ4v) is 3.11. The Morgan fingerprint density at radius 1 is 1.30 bits per heavy atom. The van der Waals surface area contributed by atoms with Crippen molar-refractivity contribution in [1.82, 2.24) is 4.90 Å². The Hall–Kier alpha value is -1.31. The van der Waals surface area contributed by atoms with Crippen LogP contribution in [0.4, 0.5) is 11.4 Å². The fraction of sp³-hybridized carbons (Fsp3) is 0.538. The third-order valence-electron chi connectivity index (χ3n) is 4.11. The van der Waals surface area contributed by atoms with Crippen LogP contribution in [0, 0.1) is 0 Å². The summed E-state index contributed by atoms with van der Waals surface area (Å²) in [5, 5.41) is 8.42. The molecule has 1 aliphatic rings. The zero-order valence-corrected chi connectivity index (χ0v) is 12.7. The first-order valence-electron chi connectivity index (χ1n) is 6.58. The lowest BCUT2D eigenvalue weighted by Gasteiger charge is -2.47. The minimum Gasteiger partial charge on any atom is -0.399 e. The number of nitrogen functional groups attached to an aromatic ring is 1. The van der Waals surface area contributed by atoms with E-state index in [-0.39, 0.29) is 10.4 Å². The number of sulfonamides is 1. The molecule has 2 rings (SSSR count). The summed E-state index contributed by atoms with van der Waals surface area (Å²) in [5.41, 5.74) is 6.94. The lowest BCUT2D eigenvalue weighted by molar-refractivity contribution is 0.0739. The maximum atomic E-state index is 11.4. The van der Waals surface area contributed by atoms with Gasteiger partial charge in [0, 0.05) is 23.5 Å². The molecule has 1 fully saturated rings. The number of nitrogens with two attached hydrogens (primary N) is 2. The highest BCUT2D eigenvalue weighted by Gasteiger charge is 2.38. The molecule has 0 atom stereocenters. The van der Waals surface area contributed by atoms with E-state index in [1.54, 1.807) is 6.07 Å². The Morgan fingerprint density at radius 2 is 1.95 bits per heavy atom. The van der Waals surface area contributed by atoms with Crippen LogP contribution in [-0.2, 0) is 10.0 Å². The Morgan fingerprint density at radius 3 is 2.40 bits per heavy atom. The second-order valence-electron chi connectivity index (χ2n) is 5.66. The molecule has 0 aliphatic heterocycles. The molecule has 7 heteroatoms. The van der Waals surface area contributed by atoms with Crippen LogP contribution >= 0.6 is 0 Å². The van der Waals surface area contributed by atoms with Crippen LogP contribution in [0.2, 0.25) is 0 Å². The first-order chi connectivity index (χ1) is 9.23. The predicted molar refractivity (Wildman–Crippen MR) is 81.0 cm³/mol. The molecular formula is C13H22N4O2S. The van der Waals surface area contributed by atoms with Crippen molar-refractivity contribution < 1.29 is 8.42 Å². The molecule has 5 N–H and O–H groups in total. The number of nitrogens with zero attached hydrogens (tertiary/aromatic N) is 1. The van der Waals surface area contributed by atoms with Gasteiger partial charge in [-0.3, -0.25) is 0 Å². The summed E-state index contributed by atoms with van der Waals surface area (Å²) in [6.45, 7) is 0.757. The van der Waals surface area contributed by atoms with Gasteiger partial charge in [0.1, 0.15) is 0 Å². The number of likely N-dealkylation sites (N-methyl/N-ethyl adjacent to an activating group) is 1. The molecular weight excluding hydrogens is 276 g/mol. The van der Waals surface area contributed by atoms with Gasteiger partial charge in [0.2, 0.25) is 10.0 Å². The summed E-state index contributed by atoms with van der Waals surface area (Å²) in [7, 11) is 0.391. The van der Waals surface area contributed by atoms with Crippen LogP contribution in [0.1, 0.15) is 19.3 Å². The maximum Gasteiger partial charge on any atom is 0.238 e. The summed E-state index contributed by atoms with van der Waals surface area (Å²) in [4.78, 5) is 2.25. The van der Waals surface area contributed by atoms with Crippen molar-refractivity contribution in [3.05, 3.63) is 18.2 Å². The van der Waals surface area contributed by atoms with Crippen LogP contribution < -0.4 is 16.2 Å². The molecule has 1 aliphatic carbocycles. The third-order valence-corrected chi connectivity index (χ3v) is 5.00. The van der Waals surface area contributed by atoms with Crippen LogP contribution in [-0.4, -0.2) is 39.5 Å². The van der Waals surface area contributed by atoms with E-state index in [0.29, 0.717) is 11.4 Å². The van der Waals surface area contributed by atoms with Crippen molar-refractivity contribution in [2.45, 2.75) is 29.7 Å². The van der Waals surface area contributed by atoms with Gasteiger partial charge in [-0.15, -0.1) is 0 Å². The highest BCUT2D eigenvalue weighted by molar-refractivity contribution is 7.89. The molecule has 0 aromatic heterocycles. The predicted octanol–water partition coefficient (Wildman–Crippen LogP) is 0.812. The zero-order chi connectivity index (χ0) is 15.0. The summed E-state index contributed by atoms with van der Waals surface area (Å²) in [5.74, 6) is 0. The van der Waals surface area contributed by atoms with Gasteiger partial charge >= 0.3 is 0 Å². The topological polar surface area (TPSA) is 101 Å². The average Bonchev–Trinajstić information content (AvgIpc) is 2.25. The molecule has 0 radical (unpaired) electrons. The van der Waals surface area contributed by atoms with Crippen molar-refractivity contribution in [3.8, 4) is 0 Å². The Labute approximate surface area is 120 Å². The second kappa shape index (κ2) is 5.23. The molecule has 0 bridgehead atoms. The number of benzene rings is 1. The Balaban J connectivity index is 2.16. The molecule has 0 amide bonds. The lowest BCUT2D eigenvalue weighted by Crippen LogP contribution is -2.54. The van der Waals surface area contributed by atoms with E-state index in [2.05, 4.69) is 24.3 Å². The monoisotopic (exact) mass is 298 g/mol. The van der Waals surface area contributed by atoms with Gasteiger partial charge in [-0.25, -0.2) is 13.6 Å². The quantitative estimate of drug-likeness (QED) is 0.698. The average molecular weight is 298 g/mol. The minimum absolute atomic E-state index is 0.0347. The summed E-state index contributed by atoms with van der Waals surface area (Å²) in [6.07, 6.45) is 3.49. The standard InChI is InChI=1S/C13H22N4O2S/c1-17(2)13(4-3-5-13)9-16-11-6-10(14)7-12(8-11)20(15,18)19/h6-8,16H,3-5,9,14H2,1-2H3,(H2,15,18,19). The largest absolute Gasteiger partial charge is 0.399 e. The molecule has 0 saturated heterocycles. The van der Waals surface area contributed by atoms with E-state index in [1.807, 2.05) is 0 Å². The minimum atomic E-state index is -3.74. The smallest absolute Gasteiger partial charge is 0.238 e. The van der Waals surface area contributed by atoms with Crippen molar-refractivity contribution in [3.63, 3.8) is 0 Å². The lowest BCUT2D eigenvalue weighted by atomic mass is 9.75. The fourth-order valence-electron chi connectivity index (χ4n) is 2.52. The van der Waals surface area contributed by atoms with Gasteiger partial charge in [0.05, 0.1) is 4.90 Å². The van der Waals surface area contributed by atoms with Crippen LogP contribution in [0.15, 0.2) is 23.1 Å². The molecule has 0 spiro atoms. The number of primary sulfonamides is 1. The summed E-state index contributed by atoms with van der Waals surface area (Å²) >= 11 is 0. The molecule has 1 saturated carbocycles. The van der Waals surface area contributed by atoms with Crippen molar-refractivity contribution in [2.75, 3.05) is 31.7 Å². The Kier molecular flexibility index (Phi) is 3.95. The number of nitrogens with one attached hydrogen (secondary N) is 1. The molecule has 1 aromatic carbocycles. The molecule has 112 valence electrons. The molecule has 1 aromatic rings. The number of anilines is 2. The highest BCUT2D eigenvalue weighted by atomic mass is 32.2. The third kappa shape index (κ3) is 3.05. The van der Waals surface area contributed by atoms with Gasteiger partial charge in [0.15, 0.2) is 0 Å². The van der Waals surface area contributed by atoms with Gasteiger partial charge < -0.3 is 16.0 Å². The normalized spacial score (nSPS) is 17.8. The zero-order valence-electron chi connectivity index (χ0n) is 11.9. The summed E-state index contributed by atoms with van der Waals surface area (Å²) in [6, 6.07) is 4.61. The van der Waals surface area contributed by atoms with Crippen molar-refractivity contribution in [2.24, 2.45) is 5.14 Å². The van der Waals surface area contributed by atoms with E-state index >= 15 is 0 Å². The summed E-state index contributed by atoms with van der Waals surface area (Å²) < 4.78 is 22.8. The van der Waals surface area contributed by atoms with Crippen molar-refractivity contribution >= 4 is 21.4 Å². The molecule has 20 heavy (non-hydrogen) atoms. The van der Waals surface area contributed by atoms with Gasteiger partial charge in [-0.05, 0) is 51.6 Å². The van der Waals surface area contributed by atoms with E-state index in [4.69, 9.17) is 10.9 Å². The number of rotatable bonds is 5. The number of hydrogen-bond donors (Lipinski definition) is 3. The first kappa shape index (κ1) is 15.1. The van der Waals surface area contributed by atoms with Gasteiger partial charge in [-0.2, -0.15) is 0 Å². The van der Waals surface area contributed by atoms with E-state index in [0.717, 1.165) is 19.4 Å². The van der Waals surface area contributed by atoms with Crippen LogP contribution in [0.5, 0.6) is 0 Å². The second-order valence-corrected chi connectivity index (χ2v) is 7.22. The first-order valence-corrected chi connectivity index (χ1v) is 8.12. The van der Waals surface area contributed by atoms with E-state index in [9.17, 15) is 8.42 Å². The van der Waals surface area contributed by atoms with Gasteiger partial charge in [0.25, 0.3) is 0 Å². The molecule has 0 heterocycles.